The molecule has 4 N–H and O–H groups in total. The van der Waals surface area contributed by atoms with Gasteiger partial charge in [-0.2, -0.15) is 13.2 Å². The van der Waals surface area contributed by atoms with Gasteiger partial charge in [0.2, 0.25) is 18.2 Å². The molecule has 0 aliphatic rings. The Hall–Kier alpha value is -2.76. The summed E-state index contributed by atoms with van der Waals surface area (Å²) >= 11 is -0.327. The van der Waals surface area contributed by atoms with Crippen LogP contribution in [0.4, 0.5) is 13.2 Å². The molecule has 1 aromatic carbocycles. The van der Waals surface area contributed by atoms with Crippen LogP contribution in [-0.2, 0) is 25.6 Å². The highest BCUT2D eigenvalue weighted by molar-refractivity contribution is 8.00. The number of benzene rings is 1. The van der Waals surface area contributed by atoms with Crippen LogP contribution in [-0.4, -0.2) is 58.7 Å². The maximum atomic E-state index is 12.8. The largest absolute Gasteiger partial charge is 0.480 e. The average molecular weight is 492 g/mol. The molecule has 0 aromatic heterocycles. The van der Waals surface area contributed by atoms with Gasteiger partial charge in [-0.15, -0.1) is 0 Å². The third kappa shape index (κ3) is 11.6. The maximum Gasteiger partial charge on any atom is 0.441 e. The van der Waals surface area contributed by atoms with Crippen LogP contribution in [0.25, 0.3) is 0 Å². The minimum absolute atomic E-state index is 0.0221. The number of carbonyl (C=O) groups is 4. The molecule has 0 bridgehead atoms. The normalized spacial score (nSPS) is 14.1. The number of carboxylic acid groups (broad SMARTS) is 1. The highest BCUT2D eigenvalue weighted by Gasteiger charge is 2.31. The van der Waals surface area contributed by atoms with Gasteiger partial charge in [-0.3, -0.25) is 14.4 Å². The summed E-state index contributed by atoms with van der Waals surface area (Å²) in [5.41, 5.74) is -3.79. The monoisotopic (exact) mass is 491 g/mol. The number of alkyl halides is 3. The predicted molar refractivity (Wildman–Crippen MR) is 117 cm³/mol. The van der Waals surface area contributed by atoms with Crippen LogP contribution >= 0.6 is 11.8 Å². The van der Waals surface area contributed by atoms with Gasteiger partial charge in [-0.25, -0.2) is 4.79 Å². The van der Waals surface area contributed by atoms with Gasteiger partial charge in [-0.1, -0.05) is 55.9 Å². The summed E-state index contributed by atoms with van der Waals surface area (Å²) in [7, 11) is 0. The molecule has 3 atom stereocenters. The van der Waals surface area contributed by atoms with Crippen molar-refractivity contribution in [2.45, 2.75) is 56.7 Å². The van der Waals surface area contributed by atoms with E-state index < -0.39 is 47.2 Å². The van der Waals surface area contributed by atoms with Gasteiger partial charge in [0.25, 0.3) is 0 Å². The Morgan fingerprint density at radius 2 is 1.61 bits per heavy atom. The molecule has 0 aliphatic carbocycles. The zero-order valence-corrected chi connectivity index (χ0v) is 19.0. The minimum Gasteiger partial charge on any atom is -0.480 e. The lowest BCUT2D eigenvalue weighted by atomic mass is 10.0. The first-order valence-electron chi connectivity index (χ1n) is 10.2. The summed E-state index contributed by atoms with van der Waals surface area (Å²) in [5.74, 6) is -3.37. The lowest BCUT2D eigenvalue weighted by molar-refractivity contribution is -0.142. The number of nitrogens with one attached hydrogen (secondary N) is 3. The summed E-state index contributed by atoms with van der Waals surface area (Å²) in [6.45, 7) is 3.57. The molecule has 33 heavy (non-hydrogen) atoms. The van der Waals surface area contributed by atoms with E-state index in [-0.39, 0.29) is 43.4 Å². The van der Waals surface area contributed by atoms with Gasteiger partial charge in [0, 0.05) is 12.2 Å². The van der Waals surface area contributed by atoms with Gasteiger partial charge in [0.05, 0.1) is 0 Å². The highest BCUT2D eigenvalue weighted by atomic mass is 32.2. The van der Waals surface area contributed by atoms with E-state index in [0.29, 0.717) is 5.56 Å². The molecular formula is C21H28F3N3O5S. The molecule has 8 nitrogen and oxygen atoms in total. The van der Waals surface area contributed by atoms with Crippen molar-refractivity contribution < 1.29 is 37.5 Å². The predicted octanol–water partition coefficient (Wildman–Crippen LogP) is 2.09. The molecule has 12 heteroatoms. The van der Waals surface area contributed by atoms with Crippen LogP contribution in [0, 0.1) is 5.92 Å². The molecule has 0 unspecified atom stereocenters. The molecule has 0 spiro atoms. The lowest BCUT2D eigenvalue weighted by Crippen LogP contribution is -2.55. The molecule has 0 aliphatic heterocycles. The Kier molecular flexibility index (Phi) is 11.7. The third-order valence-corrected chi connectivity index (χ3v) is 5.26. The molecular weight excluding hydrogens is 463 g/mol. The Balaban J connectivity index is 2.87. The molecule has 0 saturated carbocycles. The van der Waals surface area contributed by atoms with E-state index in [4.69, 9.17) is 0 Å². The van der Waals surface area contributed by atoms with Gasteiger partial charge in [0.1, 0.15) is 18.1 Å². The summed E-state index contributed by atoms with van der Waals surface area (Å²) < 4.78 is 37.1. The van der Waals surface area contributed by atoms with E-state index in [9.17, 15) is 37.5 Å². The van der Waals surface area contributed by atoms with Crippen molar-refractivity contribution in [3.05, 3.63) is 35.9 Å². The number of thioether (sulfide) groups is 1. The SMILES string of the molecule is CC(C)C[C@H](NC(=O)[C@H](CCSC(F)(F)F)NC=O)C(=O)N[C@@H](Cc1ccccc1)C(=O)O. The Morgan fingerprint density at radius 3 is 2.12 bits per heavy atom. The molecule has 184 valence electrons. The number of aliphatic carboxylic acids is 1. The van der Waals surface area contributed by atoms with Crippen molar-refractivity contribution in [1.29, 1.82) is 0 Å². The van der Waals surface area contributed by atoms with Gasteiger partial charge in [0.15, 0.2) is 0 Å². The number of amides is 3. The fourth-order valence-electron chi connectivity index (χ4n) is 2.96. The summed E-state index contributed by atoms with van der Waals surface area (Å²) in [4.78, 5) is 47.9. The molecule has 3 amide bonds. The van der Waals surface area contributed by atoms with Crippen molar-refractivity contribution in [3.63, 3.8) is 0 Å². The zero-order valence-electron chi connectivity index (χ0n) is 18.2. The Bertz CT molecular complexity index is 793. The smallest absolute Gasteiger partial charge is 0.441 e. The third-order valence-electron chi connectivity index (χ3n) is 4.50. The van der Waals surface area contributed by atoms with Crippen molar-refractivity contribution in [1.82, 2.24) is 16.0 Å². The fourth-order valence-corrected chi connectivity index (χ4v) is 3.55. The van der Waals surface area contributed by atoms with Gasteiger partial charge >= 0.3 is 11.5 Å². The molecule has 1 rings (SSSR count). The second kappa shape index (κ2) is 13.7. The molecule has 0 saturated heterocycles. The van der Waals surface area contributed by atoms with Crippen molar-refractivity contribution in [3.8, 4) is 0 Å². The van der Waals surface area contributed by atoms with Crippen molar-refractivity contribution >= 4 is 36.0 Å². The van der Waals surface area contributed by atoms with Crippen LogP contribution in [0.15, 0.2) is 30.3 Å². The van der Waals surface area contributed by atoms with E-state index in [0.717, 1.165) is 0 Å². The van der Waals surface area contributed by atoms with Crippen LogP contribution in [0.1, 0.15) is 32.3 Å². The second-order valence-corrected chi connectivity index (χ2v) is 8.86. The maximum absolute atomic E-state index is 12.8. The molecule has 0 heterocycles. The molecule has 0 radical (unpaired) electrons. The van der Waals surface area contributed by atoms with E-state index in [1.165, 1.54) is 0 Å². The number of carboxylic acids is 1. The quantitative estimate of drug-likeness (QED) is 0.296. The standard InChI is InChI=1S/C21H28F3N3O5S/c1-13(2)10-16(26-18(29)15(25-12-28)8-9-33-21(22,23)24)19(30)27-17(20(31)32)11-14-6-4-3-5-7-14/h3-7,12-13,15-17H,8-11H2,1-2H3,(H,25,28)(H,26,29)(H,27,30)(H,31,32)/t15-,16-,17-/m0/s1. The van der Waals surface area contributed by atoms with Crippen LogP contribution in [0.5, 0.6) is 0 Å². The number of hydrogen-bond donors (Lipinski definition) is 4. The fraction of sp³-hybridized carbons (Fsp3) is 0.524. The summed E-state index contributed by atoms with van der Waals surface area (Å²) in [6.07, 6.45) is 0.0610. The second-order valence-electron chi connectivity index (χ2n) is 7.70. The Morgan fingerprint density at radius 1 is 1.03 bits per heavy atom. The first-order chi connectivity index (χ1) is 15.4. The summed E-state index contributed by atoms with van der Waals surface area (Å²) in [6, 6.07) is 4.99. The van der Waals surface area contributed by atoms with Crippen LogP contribution in [0.3, 0.4) is 0 Å². The van der Waals surface area contributed by atoms with Crippen LogP contribution in [0.2, 0.25) is 0 Å². The first kappa shape index (κ1) is 28.3. The average Bonchev–Trinajstić information content (AvgIpc) is 2.71. The van der Waals surface area contributed by atoms with Crippen molar-refractivity contribution in [2.75, 3.05) is 5.75 Å². The topological polar surface area (TPSA) is 125 Å². The minimum atomic E-state index is -4.48. The van der Waals surface area contributed by atoms with Crippen LogP contribution < -0.4 is 16.0 Å². The first-order valence-corrected chi connectivity index (χ1v) is 11.2. The molecule has 0 fully saturated rings. The highest BCUT2D eigenvalue weighted by Crippen LogP contribution is 2.30. The van der Waals surface area contributed by atoms with Crippen molar-refractivity contribution in [2.24, 2.45) is 5.92 Å². The van der Waals surface area contributed by atoms with E-state index in [1.807, 2.05) is 0 Å². The van der Waals surface area contributed by atoms with Gasteiger partial charge in [-0.05, 0) is 24.3 Å². The lowest BCUT2D eigenvalue weighted by Gasteiger charge is -2.25. The van der Waals surface area contributed by atoms with E-state index in [1.54, 1.807) is 44.2 Å². The number of carbonyl (C=O) groups excluding carboxylic acids is 3. The number of halogens is 3. The van der Waals surface area contributed by atoms with Gasteiger partial charge < -0.3 is 21.1 Å². The zero-order chi connectivity index (χ0) is 25.0. The Labute approximate surface area is 194 Å². The van der Waals surface area contributed by atoms with E-state index in [2.05, 4.69) is 16.0 Å². The number of hydrogen-bond acceptors (Lipinski definition) is 5. The summed E-state index contributed by atoms with van der Waals surface area (Å²) in [5, 5.41) is 16.5. The molecule has 1 aromatic rings. The van der Waals surface area contributed by atoms with E-state index >= 15 is 0 Å². The number of rotatable bonds is 14.